The molecule has 2 rings (SSSR count). The van der Waals surface area contributed by atoms with Gasteiger partial charge < -0.3 is 20.1 Å². The molecule has 0 aliphatic rings. The van der Waals surface area contributed by atoms with Crippen molar-refractivity contribution in [2.45, 2.75) is 11.8 Å². The van der Waals surface area contributed by atoms with Crippen LogP contribution in [0.1, 0.15) is 17.3 Å². The Kier molecular flexibility index (Phi) is 7.25. The van der Waals surface area contributed by atoms with Crippen LogP contribution in [-0.4, -0.2) is 37.8 Å². The third-order valence-corrected chi connectivity index (χ3v) is 4.18. The van der Waals surface area contributed by atoms with Crippen LogP contribution in [0.15, 0.2) is 47.4 Å². The molecule has 0 spiro atoms. The summed E-state index contributed by atoms with van der Waals surface area (Å²) in [5.74, 6) is -0.911. The smallest absolute Gasteiger partial charge is 0.342 e. The molecule has 0 heterocycles. The van der Waals surface area contributed by atoms with Gasteiger partial charge in [-0.1, -0.05) is 0 Å². The molecule has 2 amide bonds. The second kappa shape index (κ2) is 9.63. The maximum absolute atomic E-state index is 12.2. The molecule has 2 aromatic rings. The number of amides is 2. The van der Waals surface area contributed by atoms with Gasteiger partial charge in [-0.25, -0.2) is 4.79 Å². The number of nitrogens with one attached hydrogen (secondary N) is 2. The Morgan fingerprint density at radius 3 is 2.19 bits per heavy atom. The van der Waals surface area contributed by atoms with Crippen LogP contribution in [0.3, 0.4) is 0 Å². The van der Waals surface area contributed by atoms with E-state index in [1.807, 2.05) is 6.26 Å². The Morgan fingerprint density at radius 2 is 1.63 bits per heavy atom. The Morgan fingerprint density at radius 1 is 1.00 bits per heavy atom. The highest BCUT2D eigenvalue weighted by Crippen LogP contribution is 2.25. The lowest BCUT2D eigenvalue weighted by Gasteiger charge is -2.10. The molecule has 2 aromatic carbocycles. The summed E-state index contributed by atoms with van der Waals surface area (Å²) < 4.78 is 10.3. The quantitative estimate of drug-likeness (QED) is 0.559. The number of esters is 1. The molecule has 0 fully saturated rings. The van der Waals surface area contributed by atoms with Crippen LogP contribution in [0.25, 0.3) is 0 Å². The first-order valence-electron chi connectivity index (χ1n) is 7.99. The average molecular weight is 388 g/mol. The van der Waals surface area contributed by atoms with E-state index >= 15 is 0 Å². The van der Waals surface area contributed by atoms with E-state index in [1.54, 1.807) is 42.5 Å². The van der Waals surface area contributed by atoms with Gasteiger partial charge >= 0.3 is 5.97 Å². The predicted octanol–water partition coefficient (Wildman–Crippen LogP) is 3.17. The van der Waals surface area contributed by atoms with Gasteiger partial charge in [-0.2, -0.15) is 0 Å². The van der Waals surface area contributed by atoms with Gasteiger partial charge in [0.05, 0.1) is 7.11 Å². The third kappa shape index (κ3) is 6.03. The summed E-state index contributed by atoms with van der Waals surface area (Å²) in [4.78, 5) is 36.1. The zero-order valence-corrected chi connectivity index (χ0v) is 16.0. The zero-order valence-electron chi connectivity index (χ0n) is 15.2. The van der Waals surface area contributed by atoms with Gasteiger partial charge in [-0.15, -0.1) is 11.8 Å². The number of rotatable bonds is 7. The number of ether oxygens (including phenoxy) is 2. The summed E-state index contributed by atoms with van der Waals surface area (Å²) in [7, 11) is 1.47. The highest BCUT2D eigenvalue weighted by molar-refractivity contribution is 7.98. The van der Waals surface area contributed by atoms with Crippen molar-refractivity contribution in [1.82, 2.24) is 0 Å². The summed E-state index contributed by atoms with van der Waals surface area (Å²) >= 11 is 1.52. The van der Waals surface area contributed by atoms with E-state index in [9.17, 15) is 14.4 Å². The molecule has 0 saturated heterocycles. The van der Waals surface area contributed by atoms with Crippen molar-refractivity contribution in [3.05, 3.63) is 48.0 Å². The van der Waals surface area contributed by atoms with Crippen LogP contribution < -0.4 is 15.4 Å². The van der Waals surface area contributed by atoms with Crippen LogP contribution in [-0.2, 0) is 14.3 Å². The summed E-state index contributed by atoms with van der Waals surface area (Å²) in [6.45, 7) is 0.980. The lowest BCUT2D eigenvalue weighted by atomic mass is 10.2. The van der Waals surface area contributed by atoms with Crippen LogP contribution >= 0.6 is 11.8 Å². The highest BCUT2D eigenvalue weighted by Gasteiger charge is 2.16. The molecule has 0 aliphatic heterocycles. The molecule has 0 aromatic heterocycles. The van der Waals surface area contributed by atoms with E-state index in [0.29, 0.717) is 17.1 Å². The van der Waals surface area contributed by atoms with Gasteiger partial charge in [0.25, 0.3) is 5.91 Å². The van der Waals surface area contributed by atoms with E-state index < -0.39 is 18.5 Å². The predicted molar refractivity (Wildman–Crippen MR) is 104 cm³/mol. The van der Waals surface area contributed by atoms with Gasteiger partial charge in [0.2, 0.25) is 5.91 Å². The Bertz CT molecular complexity index is 836. The van der Waals surface area contributed by atoms with Crippen molar-refractivity contribution in [3.8, 4) is 5.75 Å². The maximum Gasteiger partial charge on any atom is 0.342 e. The number of hydrogen-bond donors (Lipinski definition) is 2. The minimum absolute atomic E-state index is 0.181. The third-order valence-electron chi connectivity index (χ3n) is 3.45. The van der Waals surface area contributed by atoms with Gasteiger partial charge in [0.15, 0.2) is 6.61 Å². The molecule has 2 N–H and O–H groups in total. The molecule has 0 radical (unpaired) electrons. The molecule has 0 saturated carbocycles. The first-order valence-corrected chi connectivity index (χ1v) is 9.22. The van der Waals surface area contributed by atoms with E-state index in [1.165, 1.54) is 25.8 Å². The monoisotopic (exact) mass is 388 g/mol. The second-order valence-corrected chi connectivity index (χ2v) is 6.33. The zero-order chi connectivity index (χ0) is 19.8. The van der Waals surface area contributed by atoms with Gasteiger partial charge in [0, 0.05) is 23.2 Å². The standard InChI is InChI=1S/C19H20N2O5S/c1-12(22)20-13-4-6-14(7-5-13)21-18(23)11-26-19(24)16-9-8-15(27-3)10-17(16)25-2/h4-10H,11H2,1-3H3,(H,20,22)(H,21,23). The SMILES string of the molecule is COc1cc(SC)ccc1C(=O)OCC(=O)Nc1ccc(NC(C)=O)cc1. The summed E-state index contributed by atoms with van der Waals surface area (Å²) in [5.41, 5.74) is 1.39. The fraction of sp³-hybridized carbons (Fsp3) is 0.211. The largest absolute Gasteiger partial charge is 0.496 e. The van der Waals surface area contributed by atoms with Crippen molar-refractivity contribution >= 4 is 40.9 Å². The molecule has 0 atom stereocenters. The highest BCUT2D eigenvalue weighted by atomic mass is 32.2. The lowest BCUT2D eigenvalue weighted by molar-refractivity contribution is -0.119. The first kappa shape index (κ1) is 20.3. The molecule has 0 aliphatic carbocycles. The molecule has 142 valence electrons. The number of hydrogen-bond acceptors (Lipinski definition) is 6. The molecule has 7 nitrogen and oxygen atoms in total. The number of thioether (sulfide) groups is 1. The first-order chi connectivity index (χ1) is 12.9. The van der Waals surface area contributed by atoms with E-state index in [-0.39, 0.29) is 11.5 Å². The van der Waals surface area contributed by atoms with Crippen molar-refractivity contribution in [3.63, 3.8) is 0 Å². The topological polar surface area (TPSA) is 93.7 Å². The van der Waals surface area contributed by atoms with E-state index in [2.05, 4.69) is 10.6 Å². The fourth-order valence-corrected chi connectivity index (χ4v) is 2.64. The molecule has 0 unspecified atom stereocenters. The Labute approximate surface area is 161 Å². The van der Waals surface area contributed by atoms with Crippen molar-refractivity contribution < 1.29 is 23.9 Å². The molecular formula is C19H20N2O5S. The fourth-order valence-electron chi connectivity index (χ4n) is 2.21. The average Bonchev–Trinajstić information content (AvgIpc) is 2.66. The number of anilines is 2. The number of carbonyl (C=O) groups is 3. The van der Waals surface area contributed by atoms with Gasteiger partial charge in [-0.05, 0) is 48.7 Å². The second-order valence-electron chi connectivity index (χ2n) is 5.45. The summed E-state index contributed by atoms with van der Waals surface area (Å²) in [5, 5.41) is 5.24. The maximum atomic E-state index is 12.2. The molecule has 27 heavy (non-hydrogen) atoms. The van der Waals surface area contributed by atoms with Gasteiger partial charge in [0.1, 0.15) is 11.3 Å². The molecule has 0 bridgehead atoms. The summed E-state index contributed by atoms with van der Waals surface area (Å²) in [6, 6.07) is 11.7. The van der Waals surface area contributed by atoms with Gasteiger partial charge in [-0.3, -0.25) is 9.59 Å². The van der Waals surface area contributed by atoms with Crippen LogP contribution in [0.5, 0.6) is 5.75 Å². The van der Waals surface area contributed by atoms with Crippen LogP contribution in [0.2, 0.25) is 0 Å². The van der Waals surface area contributed by atoms with E-state index in [4.69, 9.17) is 9.47 Å². The Balaban J connectivity index is 1.91. The lowest BCUT2D eigenvalue weighted by Crippen LogP contribution is -2.21. The number of methoxy groups -OCH3 is 1. The molecular weight excluding hydrogens is 368 g/mol. The van der Waals surface area contributed by atoms with Crippen molar-refractivity contribution in [2.75, 3.05) is 30.6 Å². The van der Waals surface area contributed by atoms with Crippen molar-refractivity contribution in [1.29, 1.82) is 0 Å². The van der Waals surface area contributed by atoms with Crippen LogP contribution in [0.4, 0.5) is 11.4 Å². The Hall–Kier alpha value is -3.00. The number of benzene rings is 2. The minimum atomic E-state index is -0.643. The van der Waals surface area contributed by atoms with Crippen molar-refractivity contribution in [2.24, 2.45) is 0 Å². The summed E-state index contributed by atoms with van der Waals surface area (Å²) in [6.07, 6.45) is 1.92. The molecule has 8 heteroatoms. The normalized spacial score (nSPS) is 10.0. The van der Waals surface area contributed by atoms with E-state index in [0.717, 1.165) is 4.90 Å². The van der Waals surface area contributed by atoms with Crippen LogP contribution in [0, 0.1) is 0 Å². The minimum Gasteiger partial charge on any atom is -0.496 e. The number of carbonyl (C=O) groups excluding carboxylic acids is 3.